The van der Waals surface area contributed by atoms with E-state index in [1.807, 2.05) is 18.2 Å². The highest BCUT2D eigenvalue weighted by molar-refractivity contribution is 6.30. The predicted molar refractivity (Wildman–Crippen MR) is 118 cm³/mol. The third kappa shape index (κ3) is 6.10. The minimum atomic E-state index is 0.288. The number of anilines is 1. The Balaban J connectivity index is 1.50. The SMILES string of the molecule is CCNC(=NCCCc1nc(C(C)C)no1)N1CCN(c2cccc(Cl)c2)CC1. The molecule has 1 fully saturated rings. The van der Waals surface area contributed by atoms with Crippen LogP contribution in [0.4, 0.5) is 5.69 Å². The number of nitrogens with one attached hydrogen (secondary N) is 1. The summed E-state index contributed by atoms with van der Waals surface area (Å²) in [4.78, 5) is 13.9. The molecule has 0 radical (unpaired) electrons. The quantitative estimate of drug-likeness (QED) is 0.421. The fourth-order valence-corrected chi connectivity index (χ4v) is 3.48. The summed E-state index contributed by atoms with van der Waals surface area (Å²) in [6.07, 6.45) is 1.64. The number of rotatable bonds is 7. The fraction of sp³-hybridized carbons (Fsp3) is 0.571. The molecule has 7 nitrogen and oxygen atoms in total. The highest BCUT2D eigenvalue weighted by Gasteiger charge is 2.20. The average Bonchev–Trinajstić information content (AvgIpc) is 3.20. The van der Waals surface area contributed by atoms with Gasteiger partial charge in [-0.3, -0.25) is 4.99 Å². The van der Waals surface area contributed by atoms with Crippen molar-refractivity contribution in [2.45, 2.75) is 39.5 Å². The van der Waals surface area contributed by atoms with E-state index in [-0.39, 0.29) is 5.92 Å². The van der Waals surface area contributed by atoms with Gasteiger partial charge >= 0.3 is 0 Å². The van der Waals surface area contributed by atoms with Crippen LogP contribution in [0.5, 0.6) is 0 Å². The van der Waals surface area contributed by atoms with E-state index in [0.717, 1.165) is 68.9 Å². The van der Waals surface area contributed by atoms with E-state index in [2.05, 4.69) is 52.1 Å². The molecule has 1 saturated heterocycles. The first-order valence-corrected chi connectivity index (χ1v) is 10.8. The van der Waals surface area contributed by atoms with Crippen LogP contribution in [0, 0.1) is 0 Å². The van der Waals surface area contributed by atoms with Crippen molar-refractivity contribution in [1.82, 2.24) is 20.4 Å². The van der Waals surface area contributed by atoms with Gasteiger partial charge in [-0.1, -0.05) is 36.7 Å². The van der Waals surface area contributed by atoms with Crippen LogP contribution in [0.1, 0.15) is 44.8 Å². The lowest BCUT2D eigenvalue weighted by Crippen LogP contribution is -2.52. The number of nitrogens with zero attached hydrogens (tertiary/aromatic N) is 5. The Labute approximate surface area is 178 Å². The lowest BCUT2D eigenvalue weighted by Gasteiger charge is -2.37. The first-order valence-electron chi connectivity index (χ1n) is 10.4. The fourth-order valence-electron chi connectivity index (χ4n) is 3.29. The molecule has 29 heavy (non-hydrogen) atoms. The minimum absolute atomic E-state index is 0.288. The number of aliphatic imine (C=N–C) groups is 1. The smallest absolute Gasteiger partial charge is 0.226 e. The van der Waals surface area contributed by atoms with E-state index >= 15 is 0 Å². The summed E-state index contributed by atoms with van der Waals surface area (Å²) in [5.74, 6) is 2.74. The first-order chi connectivity index (χ1) is 14.1. The lowest BCUT2D eigenvalue weighted by atomic mass is 10.2. The molecule has 8 heteroatoms. The van der Waals surface area contributed by atoms with E-state index in [0.29, 0.717) is 5.89 Å². The molecule has 0 atom stereocenters. The van der Waals surface area contributed by atoms with Crippen molar-refractivity contribution in [3.05, 3.63) is 41.0 Å². The van der Waals surface area contributed by atoms with Crippen LogP contribution in [-0.4, -0.2) is 60.3 Å². The number of benzene rings is 1. The van der Waals surface area contributed by atoms with E-state index in [9.17, 15) is 0 Å². The number of aryl methyl sites for hydroxylation is 1. The number of hydrogen-bond donors (Lipinski definition) is 1. The highest BCUT2D eigenvalue weighted by Crippen LogP contribution is 2.20. The van der Waals surface area contributed by atoms with Crippen LogP contribution in [0.25, 0.3) is 0 Å². The van der Waals surface area contributed by atoms with Crippen LogP contribution in [0.15, 0.2) is 33.8 Å². The van der Waals surface area contributed by atoms with Crippen molar-refractivity contribution in [2.75, 3.05) is 44.2 Å². The molecule has 2 aromatic rings. The molecule has 2 heterocycles. The number of piperazine rings is 1. The van der Waals surface area contributed by atoms with E-state index in [1.54, 1.807) is 0 Å². The maximum atomic E-state index is 6.14. The second-order valence-electron chi connectivity index (χ2n) is 7.49. The Morgan fingerprint density at radius 2 is 2.07 bits per heavy atom. The van der Waals surface area contributed by atoms with Crippen molar-refractivity contribution in [3.63, 3.8) is 0 Å². The van der Waals surface area contributed by atoms with Gasteiger partial charge in [-0.05, 0) is 31.5 Å². The second kappa shape index (κ2) is 10.5. The van der Waals surface area contributed by atoms with Crippen LogP contribution < -0.4 is 10.2 Å². The third-order valence-corrected chi connectivity index (χ3v) is 5.13. The Morgan fingerprint density at radius 1 is 1.28 bits per heavy atom. The molecule has 1 aliphatic heterocycles. The maximum absolute atomic E-state index is 6.14. The van der Waals surface area contributed by atoms with Gasteiger partial charge in [0.1, 0.15) is 0 Å². The molecule has 158 valence electrons. The summed E-state index contributed by atoms with van der Waals surface area (Å²) in [6.45, 7) is 11.6. The van der Waals surface area contributed by atoms with Gasteiger partial charge in [0.05, 0.1) is 0 Å². The van der Waals surface area contributed by atoms with E-state index in [1.165, 1.54) is 5.69 Å². The monoisotopic (exact) mass is 418 g/mol. The molecule has 0 aliphatic carbocycles. The molecule has 1 aliphatic rings. The molecular formula is C21H31ClN6O. The predicted octanol–water partition coefficient (Wildman–Crippen LogP) is 3.57. The summed E-state index contributed by atoms with van der Waals surface area (Å²) in [6, 6.07) is 8.06. The highest BCUT2D eigenvalue weighted by atomic mass is 35.5. The largest absolute Gasteiger partial charge is 0.368 e. The topological polar surface area (TPSA) is 69.8 Å². The number of hydrogen-bond acceptors (Lipinski definition) is 5. The third-order valence-electron chi connectivity index (χ3n) is 4.90. The Morgan fingerprint density at radius 3 is 2.72 bits per heavy atom. The molecule has 0 amide bonds. The first kappa shape index (κ1) is 21.4. The number of aromatic nitrogens is 2. The average molecular weight is 419 g/mol. The second-order valence-corrected chi connectivity index (χ2v) is 7.93. The summed E-state index contributed by atoms with van der Waals surface area (Å²) >= 11 is 6.14. The van der Waals surface area contributed by atoms with Crippen molar-refractivity contribution in [1.29, 1.82) is 0 Å². The molecule has 1 aromatic heterocycles. The zero-order valence-electron chi connectivity index (χ0n) is 17.6. The van der Waals surface area contributed by atoms with Crippen molar-refractivity contribution in [2.24, 2.45) is 4.99 Å². The molecule has 0 spiro atoms. The van der Waals surface area contributed by atoms with Gasteiger partial charge in [0.2, 0.25) is 5.89 Å². The molecule has 1 aromatic carbocycles. The van der Waals surface area contributed by atoms with Crippen LogP contribution in [0.3, 0.4) is 0 Å². The van der Waals surface area contributed by atoms with Gasteiger partial charge in [0.25, 0.3) is 0 Å². The van der Waals surface area contributed by atoms with Crippen molar-refractivity contribution < 1.29 is 4.52 Å². The molecule has 0 bridgehead atoms. The summed E-state index contributed by atoms with van der Waals surface area (Å²) in [7, 11) is 0. The molecule has 0 saturated carbocycles. The zero-order chi connectivity index (χ0) is 20.6. The molecule has 0 unspecified atom stereocenters. The van der Waals surface area contributed by atoms with Gasteiger partial charge < -0.3 is 19.6 Å². The Kier molecular flexibility index (Phi) is 7.75. The zero-order valence-corrected chi connectivity index (χ0v) is 18.3. The van der Waals surface area contributed by atoms with Gasteiger partial charge in [-0.25, -0.2) is 0 Å². The van der Waals surface area contributed by atoms with Crippen molar-refractivity contribution >= 4 is 23.2 Å². The maximum Gasteiger partial charge on any atom is 0.226 e. The Hall–Kier alpha value is -2.28. The molecule has 1 N–H and O–H groups in total. The summed E-state index contributed by atoms with van der Waals surface area (Å²) in [5, 5.41) is 8.21. The van der Waals surface area contributed by atoms with Gasteiger partial charge in [-0.15, -0.1) is 0 Å². The van der Waals surface area contributed by atoms with Gasteiger partial charge in [-0.2, -0.15) is 4.98 Å². The van der Waals surface area contributed by atoms with Gasteiger partial charge in [0, 0.05) is 62.3 Å². The number of halogens is 1. The molecule has 3 rings (SSSR count). The van der Waals surface area contributed by atoms with Crippen LogP contribution in [-0.2, 0) is 6.42 Å². The van der Waals surface area contributed by atoms with E-state index < -0.39 is 0 Å². The number of guanidine groups is 1. The summed E-state index contributed by atoms with van der Waals surface area (Å²) < 4.78 is 5.31. The van der Waals surface area contributed by atoms with E-state index in [4.69, 9.17) is 21.1 Å². The minimum Gasteiger partial charge on any atom is -0.368 e. The summed E-state index contributed by atoms with van der Waals surface area (Å²) in [5.41, 5.74) is 1.18. The van der Waals surface area contributed by atoms with Crippen molar-refractivity contribution in [3.8, 4) is 0 Å². The van der Waals surface area contributed by atoms with Crippen LogP contribution >= 0.6 is 11.6 Å². The Bertz CT molecular complexity index is 798. The molecular weight excluding hydrogens is 388 g/mol. The van der Waals surface area contributed by atoms with Crippen LogP contribution in [0.2, 0.25) is 5.02 Å². The lowest BCUT2D eigenvalue weighted by molar-refractivity contribution is 0.366. The standard InChI is InChI=1S/C21H31ClN6O/c1-4-23-21(24-10-6-9-19-25-20(16(2)3)26-29-19)28-13-11-27(12-14-28)18-8-5-7-17(22)15-18/h5,7-8,15-16H,4,6,9-14H2,1-3H3,(H,23,24). The van der Waals surface area contributed by atoms with Gasteiger partial charge in [0.15, 0.2) is 11.8 Å². The normalized spacial score (nSPS) is 15.3.